The number of nitrogens with zero attached hydrogens (tertiary/aromatic N) is 4. The maximum atomic E-state index is 14.4. The van der Waals surface area contributed by atoms with Crippen molar-refractivity contribution in [1.29, 1.82) is 0 Å². The molecule has 42 heavy (non-hydrogen) atoms. The summed E-state index contributed by atoms with van der Waals surface area (Å²) < 4.78 is 59.8. The van der Waals surface area contributed by atoms with Crippen molar-refractivity contribution >= 4 is 15.7 Å². The van der Waals surface area contributed by atoms with Crippen molar-refractivity contribution in [3.05, 3.63) is 77.4 Å². The van der Waals surface area contributed by atoms with Crippen LogP contribution in [0.15, 0.2) is 59.9 Å². The molecule has 1 amide bonds. The van der Waals surface area contributed by atoms with Crippen LogP contribution in [0.1, 0.15) is 34.5 Å². The Balaban J connectivity index is 1.45. The number of aromatic nitrogens is 2. The van der Waals surface area contributed by atoms with Crippen molar-refractivity contribution in [2.45, 2.75) is 42.9 Å². The second-order valence-electron chi connectivity index (χ2n) is 10.5. The molecule has 5 rings (SSSR count). The van der Waals surface area contributed by atoms with Gasteiger partial charge < -0.3 is 23.7 Å². The number of sulfone groups is 1. The number of methoxy groups -OCH3 is 1. The minimum absolute atomic E-state index is 0.0764. The predicted octanol–water partition coefficient (Wildman–Crippen LogP) is 3.16. The maximum Gasteiger partial charge on any atom is 0.254 e. The highest BCUT2D eigenvalue weighted by Crippen LogP contribution is 2.24. The fourth-order valence-electron chi connectivity index (χ4n) is 5.29. The number of carbonyl (C=O) groups is 1. The van der Waals surface area contributed by atoms with E-state index < -0.39 is 21.4 Å². The van der Waals surface area contributed by atoms with Gasteiger partial charge in [-0.25, -0.2) is 17.8 Å². The van der Waals surface area contributed by atoms with Crippen LogP contribution in [0.2, 0.25) is 0 Å². The molecular weight excluding hydrogens is 563 g/mol. The Hall–Kier alpha value is -3.32. The molecule has 0 N–H and O–H groups in total. The fourth-order valence-corrected chi connectivity index (χ4v) is 6.80. The number of amides is 1. The Kier molecular flexibility index (Phi) is 9.88. The number of morpholine rings is 1. The van der Waals surface area contributed by atoms with Gasteiger partial charge in [0.2, 0.25) is 15.0 Å². The first-order chi connectivity index (χ1) is 20.3. The lowest BCUT2D eigenvalue weighted by atomic mass is 10.2. The summed E-state index contributed by atoms with van der Waals surface area (Å²) in [7, 11) is -2.45. The highest BCUT2D eigenvalue weighted by Gasteiger charge is 2.29. The van der Waals surface area contributed by atoms with Gasteiger partial charge in [-0.05, 0) is 43.2 Å². The van der Waals surface area contributed by atoms with Crippen molar-refractivity contribution in [3.63, 3.8) is 0 Å². The third-order valence-corrected chi connectivity index (χ3v) is 9.23. The van der Waals surface area contributed by atoms with Gasteiger partial charge in [-0.2, -0.15) is 0 Å². The zero-order valence-corrected chi connectivity index (χ0v) is 24.6. The molecule has 0 radical (unpaired) electrons. The first-order valence-electron chi connectivity index (χ1n) is 14.2. The Morgan fingerprint density at radius 1 is 1.12 bits per heavy atom. The van der Waals surface area contributed by atoms with Crippen molar-refractivity contribution in [2.75, 3.05) is 53.1 Å². The van der Waals surface area contributed by atoms with E-state index >= 15 is 0 Å². The van der Waals surface area contributed by atoms with E-state index in [2.05, 4.69) is 9.88 Å². The van der Waals surface area contributed by atoms with E-state index in [1.807, 2.05) is 0 Å². The number of hydrogen-bond donors (Lipinski definition) is 0. The van der Waals surface area contributed by atoms with Gasteiger partial charge in [0.15, 0.2) is 0 Å². The first kappa shape index (κ1) is 30.1. The van der Waals surface area contributed by atoms with Gasteiger partial charge in [-0.1, -0.05) is 18.2 Å². The average molecular weight is 601 g/mol. The fraction of sp³-hybridized carbons (Fsp3) is 0.467. The van der Waals surface area contributed by atoms with Crippen LogP contribution < -0.4 is 4.74 Å². The van der Waals surface area contributed by atoms with Crippen LogP contribution in [0.3, 0.4) is 0 Å². The van der Waals surface area contributed by atoms with Crippen LogP contribution in [0.4, 0.5) is 4.39 Å². The summed E-state index contributed by atoms with van der Waals surface area (Å²) in [5.41, 5.74) is 1.14. The van der Waals surface area contributed by atoms with Crippen LogP contribution in [-0.4, -0.2) is 92.9 Å². The molecule has 2 fully saturated rings. The summed E-state index contributed by atoms with van der Waals surface area (Å²) in [5, 5.41) is -0.152. The molecule has 1 atom stereocenters. The van der Waals surface area contributed by atoms with Gasteiger partial charge in [-0.15, -0.1) is 0 Å². The molecule has 1 aromatic heterocycles. The normalized spacial score (nSPS) is 17.8. The van der Waals surface area contributed by atoms with E-state index in [4.69, 9.17) is 14.2 Å². The molecule has 226 valence electrons. The Morgan fingerprint density at radius 3 is 2.57 bits per heavy atom. The van der Waals surface area contributed by atoms with Gasteiger partial charge >= 0.3 is 0 Å². The van der Waals surface area contributed by atoms with Crippen LogP contribution >= 0.6 is 0 Å². The van der Waals surface area contributed by atoms with E-state index in [-0.39, 0.29) is 35.8 Å². The molecule has 0 unspecified atom stereocenters. The second kappa shape index (κ2) is 13.8. The summed E-state index contributed by atoms with van der Waals surface area (Å²) in [6, 6.07) is 12.7. The molecule has 2 aliphatic heterocycles. The zero-order chi connectivity index (χ0) is 29.5. The van der Waals surface area contributed by atoms with Crippen LogP contribution in [0.5, 0.6) is 5.75 Å². The average Bonchev–Trinajstić information content (AvgIpc) is 3.67. The minimum Gasteiger partial charge on any atom is -0.497 e. The summed E-state index contributed by atoms with van der Waals surface area (Å²) in [5.74, 6) is -0.650. The van der Waals surface area contributed by atoms with E-state index in [0.717, 1.165) is 25.9 Å². The van der Waals surface area contributed by atoms with Gasteiger partial charge in [0.25, 0.3) is 5.91 Å². The molecular formula is C30H37FN4O6S. The summed E-state index contributed by atoms with van der Waals surface area (Å²) in [6.45, 7) is 4.93. The number of rotatable bonds is 12. The molecule has 2 aromatic carbocycles. The SMILES string of the molecule is COc1ccc(C(=O)N(CCN2CCOCC2)Cc2cnc(S(=O)(=O)Cc3ccccc3F)n2C[C@H]2CCCO2)cc1. The Labute approximate surface area is 245 Å². The summed E-state index contributed by atoms with van der Waals surface area (Å²) >= 11 is 0. The summed E-state index contributed by atoms with van der Waals surface area (Å²) in [6.07, 6.45) is 3.00. The molecule has 10 nitrogen and oxygen atoms in total. The maximum absolute atomic E-state index is 14.4. The van der Waals surface area contributed by atoms with E-state index in [1.165, 1.54) is 24.4 Å². The van der Waals surface area contributed by atoms with Gasteiger partial charge in [0.1, 0.15) is 11.6 Å². The number of ether oxygens (including phenoxy) is 3. The lowest BCUT2D eigenvalue weighted by Gasteiger charge is -2.30. The predicted molar refractivity (Wildman–Crippen MR) is 153 cm³/mol. The Bertz CT molecular complexity index is 1450. The van der Waals surface area contributed by atoms with Gasteiger partial charge in [0.05, 0.1) is 57.2 Å². The van der Waals surface area contributed by atoms with E-state index in [1.54, 1.807) is 46.9 Å². The molecule has 0 bridgehead atoms. The Morgan fingerprint density at radius 2 is 1.88 bits per heavy atom. The summed E-state index contributed by atoms with van der Waals surface area (Å²) in [4.78, 5) is 22.1. The third-order valence-electron chi connectivity index (χ3n) is 7.66. The monoisotopic (exact) mass is 600 g/mol. The van der Waals surface area contributed by atoms with Crippen molar-refractivity contribution in [1.82, 2.24) is 19.4 Å². The number of benzene rings is 2. The molecule has 2 saturated heterocycles. The highest BCUT2D eigenvalue weighted by molar-refractivity contribution is 7.90. The lowest BCUT2D eigenvalue weighted by molar-refractivity contribution is 0.0318. The first-order valence-corrected chi connectivity index (χ1v) is 15.8. The number of hydrogen-bond acceptors (Lipinski definition) is 8. The molecule has 0 aliphatic carbocycles. The molecule has 2 aliphatic rings. The van der Waals surface area contributed by atoms with Crippen molar-refractivity contribution in [2.24, 2.45) is 0 Å². The smallest absolute Gasteiger partial charge is 0.254 e. The van der Waals surface area contributed by atoms with Crippen molar-refractivity contribution in [3.8, 4) is 5.75 Å². The van der Waals surface area contributed by atoms with Crippen LogP contribution in [0.25, 0.3) is 0 Å². The van der Waals surface area contributed by atoms with Gasteiger partial charge in [0, 0.05) is 43.9 Å². The molecule has 12 heteroatoms. The lowest BCUT2D eigenvalue weighted by Crippen LogP contribution is -2.43. The number of carbonyl (C=O) groups excluding carboxylic acids is 1. The minimum atomic E-state index is -4.02. The second-order valence-corrected chi connectivity index (χ2v) is 12.4. The van der Waals surface area contributed by atoms with E-state index in [0.29, 0.717) is 49.9 Å². The third kappa shape index (κ3) is 7.35. The van der Waals surface area contributed by atoms with E-state index in [9.17, 15) is 17.6 Å². The zero-order valence-electron chi connectivity index (χ0n) is 23.8. The molecule has 3 heterocycles. The largest absolute Gasteiger partial charge is 0.497 e. The number of halogens is 1. The number of imidazole rings is 1. The molecule has 0 saturated carbocycles. The quantitative estimate of drug-likeness (QED) is 0.313. The molecule has 3 aromatic rings. The van der Waals surface area contributed by atoms with Gasteiger partial charge in [-0.3, -0.25) is 9.69 Å². The highest BCUT2D eigenvalue weighted by atomic mass is 32.2. The topological polar surface area (TPSA) is 103 Å². The standard InChI is InChI=1S/C30H37FN4O6S/c1-39-26-10-8-23(9-11-26)29(36)34(13-12-33-14-17-40-18-15-33)20-25-19-32-30(35(25)21-27-6-4-16-41-27)42(37,38)22-24-5-2-3-7-28(24)31/h2-3,5,7-11,19,27H,4,6,12-18,20-22H2,1H3/t27-/m1/s1. The van der Waals surface area contributed by atoms with Crippen LogP contribution in [0, 0.1) is 5.82 Å². The molecule has 0 spiro atoms. The van der Waals surface area contributed by atoms with Crippen LogP contribution in [-0.2, 0) is 38.2 Å². The van der Waals surface area contributed by atoms with Crippen molar-refractivity contribution < 1.29 is 31.8 Å².